The van der Waals surface area contributed by atoms with Crippen LogP contribution in [0.1, 0.15) is 48.9 Å². The van der Waals surface area contributed by atoms with Gasteiger partial charge in [0, 0.05) is 25.7 Å². The summed E-state index contributed by atoms with van der Waals surface area (Å²) in [5.41, 5.74) is 6.77. The van der Waals surface area contributed by atoms with Gasteiger partial charge in [0.05, 0.1) is 23.4 Å². The molecule has 0 bridgehead atoms. The predicted molar refractivity (Wildman–Crippen MR) is 120 cm³/mol. The molecule has 0 aromatic heterocycles. The van der Waals surface area contributed by atoms with Gasteiger partial charge in [-0.1, -0.05) is 24.4 Å². The van der Waals surface area contributed by atoms with Crippen LogP contribution in [-0.2, 0) is 0 Å². The van der Waals surface area contributed by atoms with Crippen LogP contribution in [0.25, 0.3) is 0 Å². The molecule has 3 rings (SSSR count). The highest BCUT2D eigenvalue weighted by molar-refractivity contribution is 6.33. The third-order valence-corrected chi connectivity index (χ3v) is 5.90. The van der Waals surface area contributed by atoms with E-state index >= 15 is 0 Å². The summed E-state index contributed by atoms with van der Waals surface area (Å²) in [5, 5.41) is 0.396. The molecule has 1 aromatic carbocycles. The predicted octanol–water partition coefficient (Wildman–Crippen LogP) is 4.50. The maximum Gasteiger partial charge on any atom is 0.257 e. The van der Waals surface area contributed by atoms with Crippen molar-refractivity contribution in [2.45, 2.75) is 38.5 Å². The molecule has 1 atom stereocenters. The van der Waals surface area contributed by atoms with E-state index in [9.17, 15) is 4.79 Å². The Bertz CT molecular complexity index is 637. The molecule has 8 heteroatoms. The SMILES string of the molecule is COc1cc(N)c(Cl)cc1C(=O)N1CCCC(CN2CCCCCC2)C1.Cl.Cl. The molecule has 2 fully saturated rings. The van der Waals surface area contributed by atoms with Crippen molar-refractivity contribution in [3.05, 3.63) is 22.7 Å². The fraction of sp³-hybridized carbons (Fsp3) is 0.650. The fourth-order valence-electron chi connectivity index (χ4n) is 4.16. The standard InChI is InChI=1S/C20H30ClN3O2.2ClH/c1-26-19-12-18(22)17(21)11-16(19)20(25)24-10-6-7-15(14-24)13-23-8-4-2-3-5-9-23;;/h11-12,15H,2-10,13-14,22H2,1H3;2*1H. The van der Waals surface area contributed by atoms with E-state index < -0.39 is 0 Å². The number of likely N-dealkylation sites (tertiary alicyclic amines) is 2. The summed E-state index contributed by atoms with van der Waals surface area (Å²) < 4.78 is 5.36. The van der Waals surface area contributed by atoms with E-state index in [2.05, 4.69) is 4.90 Å². The highest BCUT2D eigenvalue weighted by Crippen LogP contribution is 2.31. The monoisotopic (exact) mass is 451 g/mol. The minimum atomic E-state index is -0.00989. The van der Waals surface area contributed by atoms with Crippen molar-refractivity contribution in [2.75, 3.05) is 45.6 Å². The molecular weight excluding hydrogens is 421 g/mol. The molecule has 160 valence electrons. The minimum absolute atomic E-state index is 0. The molecule has 0 radical (unpaired) electrons. The summed E-state index contributed by atoms with van der Waals surface area (Å²) >= 11 is 6.14. The quantitative estimate of drug-likeness (QED) is 0.683. The first-order chi connectivity index (χ1) is 12.6. The van der Waals surface area contributed by atoms with E-state index in [1.54, 1.807) is 19.2 Å². The van der Waals surface area contributed by atoms with Crippen LogP contribution in [0.3, 0.4) is 0 Å². The van der Waals surface area contributed by atoms with Gasteiger partial charge in [-0.15, -0.1) is 24.8 Å². The molecule has 28 heavy (non-hydrogen) atoms. The van der Waals surface area contributed by atoms with Crippen LogP contribution in [-0.4, -0.2) is 55.5 Å². The first-order valence-electron chi connectivity index (χ1n) is 9.73. The third kappa shape index (κ3) is 6.31. The number of nitrogens with two attached hydrogens (primary N) is 1. The van der Waals surface area contributed by atoms with Crippen LogP contribution >= 0.6 is 36.4 Å². The summed E-state index contributed by atoms with van der Waals surface area (Å²) in [6, 6.07) is 3.27. The molecule has 0 saturated carbocycles. The van der Waals surface area contributed by atoms with Crippen molar-refractivity contribution >= 4 is 48.0 Å². The molecule has 2 N–H and O–H groups in total. The topological polar surface area (TPSA) is 58.8 Å². The molecular formula is C20H32Cl3N3O2. The number of nitrogen functional groups attached to an aromatic ring is 1. The van der Waals surface area contributed by atoms with Gasteiger partial charge >= 0.3 is 0 Å². The van der Waals surface area contributed by atoms with E-state index in [-0.39, 0.29) is 30.7 Å². The summed E-state index contributed by atoms with van der Waals surface area (Å²) in [5.74, 6) is 1.02. The maximum atomic E-state index is 13.1. The van der Waals surface area contributed by atoms with Gasteiger partial charge in [-0.3, -0.25) is 4.79 Å². The van der Waals surface area contributed by atoms with Gasteiger partial charge in [-0.25, -0.2) is 0 Å². The van der Waals surface area contributed by atoms with E-state index in [1.165, 1.54) is 45.2 Å². The fourth-order valence-corrected chi connectivity index (χ4v) is 4.32. The zero-order valence-electron chi connectivity index (χ0n) is 16.5. The smallest absolute Gasteiger partial charge is 0.257 e. The molecule has 2 saturated heterocycles. The number of nitrogens with zero attached hydrogens (tertiary/aromatic N) is 2. The molecule has 1 unspecified atom stereocenters. The van der Waals surface area contributed by atoms with Gasteiger partial charge in [0.25, 0.3) is 5.91 Å². The molecule has 1 aromatic rings. The number of carbonyl (C=O) groups excluding carboxylic acids is 1. The number of hydrogen-bond donors (Lipinski definition) is 1. The average Bonchev–Trinajstić information content (AvgIpc) is 2.92. The van der Waals surface area contributed by atoms with Crippen LogP contribution in [0.4, 0.5) is 5.69 Å². The Kier molecular flexibility index (Phi) is 10.7. The lowest BCUT2D eigenvalue weighted by Gasteiger charge is -2.35. The second-order valence-electron chi connectivity index (χ2n) is 7.55. The van der Waals surface area contributed by atoms with Crippen molar-refractivity contribution in [3.63, 3.8) is 0 Å². The number of anilines is 1. The summed E-state index contributed by atoms with van der Waals surface area (Å²) in [7, 11) is 1.55. The number of amides is 1. The number of piperidine rings is 1. The first-order valence-corrected chi connectivity index (χ1v) is 10.1. The molecule has 2 heterocycles. The lowest BCUT2D eigenvalue weighted by molar-refractivity contribution is 0.0638. The molecule has 0 aliphatic carbocycles. The van der Waals surface area contributed by atoms with Crippen LogP contribution in [0.15, 0.2) is 12.1 Å². The van der Waals surface area contributed by atoms with E-state index in [1.807, 2.05) is 4.90 Å². The van der Waals surface area contributed by atoms with Gasteiger partial charge in [-0.05, 0) is 50.8 Å². The number of ether oxygens (including phenoxy) is 1. The van der Waals surface area contributed by atoms with E-state index in [4.69, 9.17) is 22.1 Å². The first kappa shape index (κ1) is 25.2. The normalized spacial score (nSPS) is 20.5. The van der Waals surface area contributed by atoms with E-state index in [0.29, 0.717) is 27.9 Å². The van der Waals surface area contributed by atoms with Crippen LogP contribution < -0.4 is 10.5 Å². The average molecular weight is 453 g/mol. The molecule has 2 aliphatic rings. The number of benzene rings is 1. The third-order valence-electron chi connectivity index (χ3n) is 5.57. The number of carbonyl (C=O) groups is 1. The number of halogens is 3. The number of hydrogen-bond acceptors (Lipinski definition) is 4. The Balaban J connectivity index is 0.00000196. The Labute approximate surface area is 185 Å². The van der Waals surface area contributed by atoms with Gasteiger partial charge in [0.1, 0.15) is 5.75 Å². The van der Waals surface area contributed by atoms with Crippen LogP contribution in [0.2, 0.25) is 5.02 Å². The van der Waals surface area contributed by atoms with Crippen molar-refractivity contribution in [2.24, 2.45) is 5.92 Å². The Morgan fingerprint density at radius 3 is 2.46 bits per heavy atom. The van der Waals surface area contributed by atoms with Crippen molar-refractivity contribution in [1.29, 1.82) is 0 Å². The molecule has 1 amide bonds. The summed E-state index contributed by atoms with van der Waals surface area (Å²) in [4.78, 5) is 17.6. The largest absolute Gasteiger partial charge is 0.496 e. The zero-order chi connectivity index (χ0) is 18.5. The number of rotatable bonds is 4. The van der Waals surface area contributed by atoms with Gasteiger partial charge in [-0.2, -0.15) is 0 Å². The Morgan fingerprint density at radius 2 is 1.82 bits per heavy atom. The minimum Gasteiger partial charge on any atom is -0.496 e. The Morgan fingerprint density at radius 1 is 1.14 bits per heavy atom. The zero-order valence-corrected chi connectivity index (χ0v) is 18.9. The summed E-state index contributed by atoms with van der Waals surface area (Å²) in [6.45, 7) is 5.10. The van der Waals surface area contributed by atoms with Crippen LogP contribution in [0, 0.1) is 5.92 Å². The second kappa shape index (κ2) is 12.0. The number of methoxy groups -OCH3 is 1. The van der Waals surface area contributed by atoms with Crippen molar-refractivity contribution in [3.8, 4) is 5.75 Å². The van der Waals surface area contributed by atoms with E-state index in [0.717, 1.165) is 26.1 Å². The lowest BCUT2D eigenvalue weighted by atomic mass is 9.96. The maximum absolute atomic E-state index is 13.1. The van der Waals surface area contributed by atoms with Gasteiger partial charge in [0.2, 0.25) is 0 Å². The van der Waals surface area contributed by atoms with Crippen molar-refractivity contribution < 1.29 is 9.53 Å². The molecule has 5 nitrogen and oxygen atoms in total. The van der Waals surface area contributed by atoms with Crippen LogP contribution in [0.5, 0.6) is 5.75 Å². The summed E-state index contributed by atoms with van der Waals surface area (Å²) in [6.07, 6.45) is 7.55. The lowest BCUT2D eigenvalue weighted by Crippen LogP contribution is -2.44. The highest BCUT2D eigenvalue weighted by Gasteiger charge is 2.28. The van der Waals surface area contributed by atoms with Gasteiger partial charge in [0.15, 0.2) is 0 Å². The van der Waals surface area contributed by atoms with Gasteiger partial charge < -0.3 is 20.3 Å². The van der Waals surface area contributed by atoms with Crippen molar-refractivity contribution in [1.82, 2.24) is 9.80 Å². The second-order valence-corrected chi connectivity index (χ2v) is 7.96. The molecule has 0 spiro atoms. The highest BCUT2D eigenvalue weighted by atomic mass is 35.5. The Hall–Kier alpha value is -0.880. The molecule has 2 aliphatic heterocycles.